The molecule has 92 valence electrons. The summed E-state index contributed by atoms with van der Waals surface area (Å²) in [5.74, 6) is -0.692. The summed E-state index contributed by atoms with van der Waals surface area (Å²) in [6.07, 6.45) is 0. The van der Waals surface area contributed by atoms with Crippen LogP contribution in [0.2, 0.25) is 0 Å². The predicted octanol–water partition coefficient (Wildman–Crippen LogP) is 0.122. The Bertz CT molecular complexity index is 703. The number of benzene rings is 1. The molecule has 0 aliphatic heterocycles. The second-order valence-electron chi connectivity index (χ2n) is 3.38. The van der Waals surface area contributed by atoms with E-state index in [0.717, 1.165) is 0 Å². The Morgan fingerprint density at radius 3 is 2.00 bits per heavy atom. The van der Waals surface area contributed by atoms with Crippen LogP contribution in [0.25, 0.3) is 11.1 Å². The van der Waals surface area contributed by atoms with Gasteiger partial charge in [-0.2, -0.15) is 15.8 Å². The third-order valence-corrected chi connectivity index (χ3v) is 2.28. The first-order valence-corrected chi connectivity index (χ1v) is 5.40. The van der Waals surface area contributed by atoms with Crippen molar-refractivity contribution in [3.8, 4) is 18.2 Å². The molecule has 0 spiro atoms. The van der Waals surface area contributed by atoms with Crippen LogP contribution in [0.1, 0.15) is 6.92 Å². The molecule has 0 saturated heterocycles. The van der Waals surface area contributed by atoms with Gasteiger partial charge in [0.15, 0.2) is 0 Å². The van der Waals surface area contributed by atoms with E-state index in [9.17, 15) is 4.79 Å². The topological polar surface area (TPSA) is 97.7 Å². The van der Waals surface area contributed by atoms with Crippen molar-refractivity contribution >= 4 is 17.1 Å². The molecule has 5 nitrogen and oxygen atoms in total. The molecule has 1 rings (SSSR count). The first-order chi connectivity index (χ1) is 9.17. The zero-order valence-electron chi connectivity index (χ0n) is 10.2. The molecule has 1 aromatic rings. The maximum Gasteiger partial charge on any atom is 0.349 e. The molecule has 0 aliphatic rings. The van der Waals surface area contributed by atoms with Crippen molar-refractivity contribution in [3.05, 3.63) is 34.7 Å². The zero-order chi connectivity index (χ0) is 14.3. The Labute approximate surface area is 109 Å². The van der Waals surface area contributed by atoms with Gasteiger partial charge in [-0.05, 0) is 12.1 Å². The average Bonchev–Trinajstić information content (AvgIpc) is 2.43. The van der Waals surface area contributed by atoms with Crippen molar-refractivity contribution in [3.63, 3.8) is 0 Å². The third-order valence-electron chi connectivity index (χ3n) is 2.28. The van der Waals surface area contributed by atoms with E-state index in [1.54, 1.807) is 25.1 Å². The van der Waals surface area contributed by atoms with Crippen molar-refractivity contribution in [2.75, 3.05) is 6.61 Å². The summed E-state index contributed by atoms with van der Waals surface area (Å²) in [6, 6.07) is 11.3. The van der Waals surface area contributed by atoms with Crippen LogP contribution >= 0.6 is 0 Å². The highest BCUT2D eigenvalue weighted by molar-refractivity contribution is 6.15. The summed E-state index contributed by atoms with van der Waals surface area (Å²) in [6.45, 7) is 1.83. The van der Waals surface area contributed by atoms with Crippen LogP contribution in [-0.2, 0) is 9.53 Å². The van der Waals surface area contributed by atoms with Crippen LogP contribution in [0, 0.1) is 34.0 Å². The summed E-state index contributed by atoms with van der Waals surface area (Å²) in [7, 11) is 0. The van der Waals surface area contributed by atoms with Crippen molar-refractivity contribution in [1.29, 1.82) is 15.8 Å². The third kappa shape index (κ3) is 3.19. The van der Waals surface area contributed by atoms with Gasteiger partial charge in [0.05, 0.1) is 6.61 Å². The molecular formula is C14H9N3O2. The van der Waals surface area contributed by atoms with Gasteiger partial charge in [-0.1, -0.05) is 24.3 Å². The van der Waals surface area contributed by atoms with E-state index in [0.29, 0.717) is 10.4 Å². The van der Waals surface area contributed by atoms with E-state index in [1.807, 2.05) is 0 Å². The fraction of sp³-hybridized carbons (Fsp3) is 0.143. The van der Waals surface area contributed by atoms with Gasteiger partial charge < -0.3 is 4.74 Å². The van der Waals surface area contributed by atoms with Crippen LogP contribution in [0.4, 0.5) is 0 Å². The maximum absolute atomic E-state index is 11.5. The number of hydrogen-bond donors (Lipinski definition) is 0. The fourth-order valence-electron chi connectivity index (χ4n) is 1.39. The largest absolute Gasteiger partial charge is 0.462 e. The molecule has 0 N–H and O–H groups in total. The van der Waals surface area contributed by atoms with Crippen LogP contribution in [0.3, 0.4) is 0 Å². The van der Waals surface area contributed by atoms with Gasteiger partial charge in [0, 0.05) is 5.22 Å². The molecule has 1 aromatic carbocycles. The molecule has 0 amide bonds. The minimum atomic E-state index is -0.692. The van der Waals surface area contributed by atoms with Gasteiger partial charge in [-0.15, -0.1) is 0 Å². The highest BCUT2D eigenvalue weighted by Gasteiger charge is 2.10. The van der Waals surface area contributed by atoms with Gasteiger partial charge in [-0.3, -0.25) is 0 Å². The summed E-state index contributed by atoms with van der Waals surface area (Å²) in [4.78, 5) is 11.5. The fourth-order valence-corrected chi connectivity index (χ4v) is 1.39. The van der Waals surface area contributed by atoms with Crippen LogP contribution < -0.4 is 10.4 Å². The van der Waals surface area contributed by atoms with E-state index < -0.39 is 5.97 Å². The molecule has 0 saturated carbocycles. The van der Waals surface area contributed by atoms with Crippen LogP contribution in [-0.4, -0.2) is 12.6 Å². The number of nitrogens with zero attached hydrogens (tertiary/aromatic N) is 3. The molecule has 0 aliphatic carbocycles. The number of esters is 1. The van der Waals surface area contributed by atoms with Gasteiger partial charge >= 0.3 is 5.97 Å². The van der Waals surface area contributed by atoms with Crippen LogP contribution in [0.15, 0.2) is 24.3 Å². The molecule has 5 heteroatoms. The highest BCUT2D eigenvalue weighted by atomic mass is 16.5. The zero-order valence-corrected chi connectivity index (χ0v) is 10.2. The standard InChI is InChI=1S/C14H9N3O2/c1-2-19-14(18)13(9-17)11-5-3-10(4-6-11)12(7-15)8-16/h3-6H,2H2,1H3. The lowest BCUT2D eigenvalue weighted by Crippen LogP contribution is -2.17. The number of carbonyl (C=O) groups is 1. The SMILES string of the molecule is CCOC(=O)C(C#N)=c1ccc(=C(C#N)C#N)cc1. The molecule has 19 heavy (non-hydrogen) atoms. The summed E-state index contributed by atoms with van der Waals surface area (Å²) in [5.41, 5.74) is -0.134. The predicted molar refractivity (Wildman–Crippen MR) is 66.0 cm³/mol. The van der Waals surface area contributed by atoms with Gasteiger partial charge in [0.1, 0.15) is 29.4 Å². The summed E-state index contributed by atoms with van der Waals surface area (Å²) >= 11 is 0. The summed E-state index contributed by atoms with van der Waals surface area (Å²) < 4.78 is 4.76. The Kier molecular flexibility index (Phi) is 4.84. The lowest BCUT2D eigenvalue weighted by Gasteiger charge is -1.99. The van der Waals surface area contributed by atoms with Crippen molar-refractivity contribution in [2.24, 2.45) is 0 Å². The Morgan fingerprint density at radius 1 is 1.05 bits per heavy atom. The lowest BCUT2D eigenvalue weighted by molar-refractivity contribution is -0.136. The molecule has 0 bridgehead atoms. The molecule has 0 aromatic heterocycles. The molecule has 0 fully saturated rings. The molecular weight excluding hydrogens is 242 g/mol. The second-order valence-corrected chi connectivity index (χ2v) is 3.38. The Balaban J connectivity index is 3.45. The van der Waals surface area contributed by atoms with E-state index in [4.69, 9.17) is 20.5 Å². The number of hydrogen-bond acceptors (Lipinski definition) is 5. The highest BCUT2D eigenvalue weighted by Crippen LogP contribution is 1.95. The number of ether oxygens (including phenoxy) is 1. The minimum absolute atomic E-state index is 0.0267. The monoisotopic (exact) mass is 251 g/mol. The normalized spacial score (nSPS) is 8.53. The van der Waals surface area contributed by atoms with E-state index >= 15 is 0 Å². The molecule has 0 radical (unpaired) electrons. The maximum atomic E-state index is 11.5. The molecule has 0 atom stereocenters. The lowest BCUT2D eigenvalue weighted by atomic mass is 10.1. The molecule has 0 heterocycles. The van der Waals surface area contributed by atoms with E-state index in [1.165, 1.54) is 24.3 Å². The quantitative estimate of drug-likeness (QED) is 0.695. The van der Waals surface area contributed by atoms with Crippen molar-refractivity contribution < 1.29 is 9.53 Å². The first kappa shape index (κ1) is 14.0. The number of carbonyl (C=O) groups excluding carboxylic acids is 1. The van der Waals surface area contributed by atoms with Crippen LogP contribution in [0.5, 0.6) is 0 Å². The Hall–Kier alpha value is -3.10. The van der Waals surface area contributed by atoms with Gasteiger partial charge in [0.2, 0.25) is 0 Å². The Morgan fingerprint density at radius 2 is 1.58 bits per heavy atom. The number of rotatable bonds is 2. The van der Waals surface area contributed by atoms with E-state index in [2.05, 4.69) is 0 Å². The van der Waals surface area contributed by atoms with E-state index in [-0.39, 0.29) is 17.8 Å². The first-order valence-electron chi connectivity index (χ1n) is 5.40. The smallest absolute Gasteiger partial charge is 0.349 e. The van der Waals surface area contributed by atoms with Crippen molar-refractivity contribution in [1.82, 2.24) is 0 Å². The minimum Gasteiger partial charge on any atom is -0.462 e. The summed E-state index contributed by atoms with van der Waals surface area (Å²) in [5, 5.41) is 27.2. The number of nitriles is 3. The second kappa shape index (κ2) is 6.59. The van der Waals surface area contributed by atoms with Gasteiger partial charge in [0.25, 0.3) is 0 Å². The van der Waals surface area contributed by atoms with Gasteiger partial charge in [-0.25, -0.2) is 4.79 Å². The van der Waals surface area contributed by atoms with Crippen molar-refractivity contribution in [2.45, 2.75) is 6.92 Å². The average molecular weight is 251 g/mol. The molecule has 0 unspecified atom stereocenters.